The van der Waals surface area contributed by atoms with Crippen molar-refractivity contribution in [3.63, 3.8) is 0 Å². The van der Waals surface area contributed by atoms with Crippen molar-refractivity contribution >= 4 is 0 Å². The van der Waals surface area contributed by atoms with E-state index >= 15 is 0 Å². The zero-order valence-electron chi connectivity index (χ0n) is 11.1. The molecule has 0 amide bonds. The van der Waals surface area contributed by atoms with Crippen molar-refractivity contribution in [2.24, 2.45) is 0 Å². The predicted octanol–water partition coefficient (Wildman–Crippen LogP) is 1.92. The van der Waals surface area contributed by atoms with Crippen LogP contribution in [-0.4, -0.2) is 46.5 Å². The third kappa shape index (κ3) is 3.43. The zero-order valence-corrected chi connectivity index (χ0v) is 11.1. The zero-order chi connectivity index (χ0) is 12.3. The minimum absolute atomic E-state index is 0.194. The van der Waals surface area contributed by atoms with Crippen molar-refractivity contribution in [3.8, 4) is 0 Å². The van der Waals surface area contributed by atoms with Gasteiger partial charge in [-0.05, 0) is 32.7 Å². The van der Waals surface area contributed by atoms with Crippen molar-refractivity contribution < 1.29 is 10.2 Å². The number of likely N-dealkylation sites (N-methyl/N-ethyl adjacent to an activating group) is 1. The smallest absolute Gasteiger partial charge is 0.0774 e. The molecule has 3 heteroatoms. The molecule has 0 saturated heterocycles. The van der Waals surface area contributed by atoms with Gasteiger partial charge in [0.1, 0.15) is 0 Å². The van der Waals surface area contributed by atoms with Crippen LogP contribution in [0.3, 0.4) is 0 Å². The first kappa shape index (κ1) is 13.3. The van der Waals surface area contributed by atoms with Crippen LogP contribution in [0, 0.1) is 0 Å². The van der Waals surface area contributed by atoms with Crippen molar-refractivity contribution in [2.45, 2.75) is 75.5 Å². The quantitative estimate of drug-likeness (QED) is 0.793. The third-order valence-electron chi connectivity index (χ3n) is 4.59. The molecule has 0 aromatic carbocycles. The van der Waals surface area contributed by atoms with Gasteiger partial charge in [-0.1, -0.05) is 32.1 Å². The van der Waals surface area contributed by atoms with E-state index in [0.29, 0.717) is 0 Å². The topological polar surface area (TPSA) is 43.7 Å². The lowest BCUT2D eigenvalue weighted by molar-refractivity contribution is -0.0514. The molecule has 0 heterocycles. The Morgan fingerprint density at radius 2 is 1.71 bits per heavy atom. The van der Waals surface area contributed by atoms with Gasteiger partial charge < -0.3 is 10.2 Å². The van der Waals surface area contributed by atoms with Gasteiger partial charge in [-0.15, -0.1) is 0 Å². The van der Waals surface area contributed by atoms with Crippen molar-refractivity contribution in [1.29, 1.82) is 0 Å². The second-order valence-electron chi connectivity index (χ2n) is 6.12. The molecular formula is C14H27NO2. The first-order valence-corrected chi connectivity index (χ1v) is 7.21. The lowest BCUT2D eigenvalue weighted by Crippen LogP contribution is -2.51. The number of nitrogens with zero attached hydrogens (tertiary/aromatic N) is 1. The van der Waals surface area contributed by atoms with E-state index < -0.39 is 5.60 Å². The fourth-order valence-electron chi connectivity index (χ4n) is 3.56. The summed E-state index contributed by atoms with van der Waals surface area (Å²) in [6.45, 7) is 0.731. The van der Waals surface area contributed by atoms with Crippen LogP contribution in [0.4, 0.5) is 0 Å². The van der Waals surface area contributed by atoms with Crippen LogP contribution in [0.2, 0.25) is 0 Å². The van der Waals surface area contributed by atoms with E-state index in [4.69, 9.17) is 0 Å². The Bertz CT molecular complexity index is 238. The Kier molecular flexibility index (Phi) is 4.45. The second-order valence-corrected chi connectivity index (χ2v) is 6.12. The molecule has 2 atom stereocenters. The van der Waals surface area contributed by atoms with Crippen LogP contribution >= 0.6 is 0 Å². The molecule has 0 radical (unpaired) electrons. The monoisotopic (exact) mass is 241 g/mol. The number of rotatable bonds is 3. The molecule has 2 saturated carbocycles. The largest absolute Gasteiger partial charge is 0.391 e. The highest BCUT2D eigenvalue weighted by atomic mass is 16.3. The normalized spacial score (nSPS) is 33.9. The van der Waals surface area contributed by atoms with Gasteiger partial charge >= 0.3 is 0 Å². The van der Waals surface area contributed by atoms with Gasteiger partial charge in [0, 0.05) is 12.6 Å². The Morgan fingerprint density at radius 1 is 1.06 bits per heavy atom. The summed E-state index contributed by atoms with van der Waals surface area (Å²) in [6, 6.07) is 0.259. The van der Waals surface area contributed by atoms with E-state index in [9.17, 15) is 10.2 Å². The summed E-state index contributed by atoms with van der Waals surface area (Å²) < 4.78 is 0. The van der Waals surface area contributed by atoms with Gasteiger partial charge in [0.25, 0.3) is 0 Å². The molecule has 2 fully saturated rings. The first-order valence-electron chi connectivity index (χ1n) is 7.21. The summed E-state index contributed by atoms with van der Waals surface area (Å²) in [4.78, 5) is 2.20. The number of hydrogen-bond acceptors (Lipinski definition) is 3. The van der Waals surface area contributed by atoms with Crippen molar-refractivity contribution in [1.82, 2.24) is 4.90 Å². The Hall–Kier alpha value is -0.120. The van der Waals surface area contributed by atoms with Gasteiger partial charge in [-0.25, -0.2) is 0 Å². The molecule has 0 spiro atoms. The van der Waals surface area contributed by atoms with Crippen LogP contribution in [0.5, 0.6) is 0 Å². The second kappa shape index (κ2) is 5.68. The highest BCUT2D eigenvalue weighted by Gasteiger charge is 2.34. The average molecular weight is 241 g/mol. The van der Waals surface area contributed by atoms with Crippen LogP contribution in [-0.2, 0) is 0 Å². The molecule has 2 aliphatic carbocycles. The van der Waals surface area contributed by atoms with Gasteiger partial charge in [-0.3, -0.25) is 4.90 Å². The van der Waals surface area contributed by atoms with E-state index in [1.807, 2.05) is 0 Å². The molecular weight excluding hydrogens is 214 g/mol. The standard InChI is InChI=1S/C14H27NO2/c1-15(12-7-3-4-8-13(12)16)11-14(17)9-5-2-6-10-14/h12-13,16-17H,2-11H2,1H3/t12-,13-/m0/s1. The van der Waals surface area contributed by atoms with Gasteiger partial charge in [-0.2, -0.15) is 0 Å². The average Bonchev–Trinajstić information content (AvgIpc) is 2.29. The van der Waals surface area contributed by atoms with Crippen LogP contribution < -0.4 is 0 Å². The molecule has 0 aromatic heterocycles. The number of hydrogen-bond donors (Lipinski definition) is 2. The molecule has 3 nitrogen and oxygen atoms in total. The highest BCUT2D eigenvalue weighted by Crippen LogP contribution is 2.30. The van der Waals surface area contributed by atoms with Gasteiger partial charge in [0.05, 0.1) is 11.7 Å². The molecule has 2 aliphatic rings. The Balaban J connectivity index is 1.88. The molecule has 2 N–H and O–H groups in total. The maximum absolute atomic E-state index is 10.5. The fraction of sp³-hybridized carbons (Fsp3) is 1.00. The molecule has 0 aromatic rings. The number of aliphatic hydroxyl groups is 2. The van der Waals surface area contributed by atoms with Crippen LogP contribution in [0.25, 0.3) is 0 Å². The minimum Gasteiger partial charge on any atom is -0.391 e. The number of aliphatic hydroxyl groups excluding tert-OH is 1. The van der Waals surface area contributed by atoms with E-state index in [0.717, 1.165) is 51.5 Å². The van der Waals surface area contributed by atoms with Crippen LogP contribution in [0.1, 0.15) is 57.8 Å². The lowest BCUT2D eigenvalue weighted by Gasteiger charge is -2.41. The minimum atomic E-state index is -0.496. The molecule has 0 aliphatic heterocycles. The highest BCUT2D eigenvalue weighted by molar-refractivity contribution is 4.89. The van der Waals surface area contributed by atoms with E-state index in [-0.39, 0.29) is 12.1 Å². The Morgan fingerprint density at radius 3 is 2.35 bits per heavy atom. The van der Waals surface area contributed by atoms with E-state index in [1.165, 1.54) is 12.8 Å². The summed E-state index contributed by atoms with van der Waals surface area (Å²) in [5.74, 6) is 0. The molecule has 0 bridgehead atoms. The fourth-order valence-corrected chi connectivity index (χ4v) is 3.56. The summed E-state index contributed by atoms with van der Waals surface area (Å²) in [7, 11) is 2.06. The summed E-state index contributed by atoms with van der Waals surface area (Å²) in [5, 5.41) is 20.6. The maximum Gasteiger partial charge on any atom is 0.0774 e. The summed E-state index contributed by atoms with van der Waals surface area (Å²) >= 11 is 0. The molecule has 0 unspecified atom stereocenters. The molecule has 17 heavy (non-hydrogen) atoms. The third-order valence-corrected chi connectivity index (χ3v) is 4.59. The molecule has 100 valence electrons. The van der Waals surface area contributed by atoms with Crippen LogP contribution in [0.15, 0.2) is 0 Å². The maximum atomic E-state index is 10.5. The van der Waals surface area contributed by atoms with E-state index in [1.54, 1.807) is 0 Å². The van der Waals surface area contributed by atoms with Crippen molar-refractivity contribution in [2.75, 3.05) is 13.6 Å². The van der Waals surface area contributed by atoms with Gasteiger partial charge in [0.15, 0.2) is 0 Å². The lowest BCUT2D eigenvalue weighted by atomic mass is 9.83. The molecule has 2 rings (SSSR count). The van der Waals surface area contributed by atoms with Crippen molar-refractivity contribution in [3.05, 3.63) is 0 Å². The predicted molar refractivity (Wildman–Crippen MR) is 68.9 cm³/mol. The Labute approximate surface area is 105 Å². The van der Waals surface area contributed by atoms with Gasteiger partial charge in [0.2, 0.25) is 0 Å². The summed E-state index contributed by atoms with van der Waals surface area (Å²) in [5.41, 5.74) is -0.496. The van der Waals surface area contributed by atoms with E-state index in [2.05, 4.69) is 11.9 Å². The summed E-state index contributed by atoms with van der Waals surface area (Å²) in [6.07, 6.45) is 9.59. The first-order chi connectivity index (χ1) is 8.11. The SMILES string of the molecule is CN(CC1(O)CCCCC1)[C@H]1CCCC[C@@H]1O.